The van der Waals surface area contributed by atoms with Crippen LogP contribution in [0.1, 0.15) is 26.5 Å². The van der Waals surface area contributed by atoms with Gasteiger partial charge in [-0.1, -0.05) is 6.07 Å². The van der Waals surface area contributed by atoms with Crippen molar-refractivity contribution in [1.82, 2.24) is 14.9 Å². The molecule has 0 N–H and O–H groups in total. The number of hydrogen-bond donors (Lipinski definition) is 0. The summed E-state index contributed by atoms with van der Waals surface area (Å²) in [5.41, 5.74) is -0.550. The summed E-state index contributed by atoms with van der Waals surface area (Å²) in [5, 5.41) is 0. The fourth-order valence-corrected chi connectivity index (χ4v) is 1.98. The summed E-state index contributed by atoms with van der Waals surface area (Å²) in [7, 11) is 0. The lowest BCUT2D eigenvalue weighted by molar-refractivity contribution is 0.0636. The van der Waals surface area contributed by atoms with E-state index in [1.807, 2.05) is 0 Å². The number of halogens is 2. The molecule has 0 unspecified atom stereocenters. The number of aromatic nitrogens is 2. The maximum Gasteiger partial charge on any atom is 0.282 e. The fraction of sp³-hybridized carbons (Fsp3) is 0.0769. The van der Waals surface area contributed by atoms with Crippen molar-refractivity contribution in [3.63, 3.8) is 0 Å². The number of hydrogen-bond acceptors (Lipinski definition) is 4. The molecule has 20 heavy (non-hydrogen) atoms. The molecule has 0 aliphatic carbocycles. The lowest BCUT2D eigenvalue weighted by Gasteiger charge is -2.14. The third-order valence-electron chi connectivity index (χ3n) is 2.97. The highest BCUT2D eigenvalue weighted by Gasteiger charge is 2.38. The van der Waals surface area contributed by atoms with Crippen LogP contribution in [0.2, 0.25) is 0 Å². The summed E-state index contributed by atoms with van der Waals surface area (Å²) in [6, 6.07) is 3.33. The number of nitrogens with zero attached hydrogens (tertiary/aromatic N) is 3. The fourth-order valence-electron chi connectivity index (χ4n) is 1.98. The first-order valence-electron chi connectivity index (χ1n) is 5.69. The molecule has 2 heterocycles. The first kappa shape index (κ1) is 12.3. The first-order chi connectivity index (χ1) is 9.59. The van der Waals surface area contributed by atoms with Crippen molar-refractivity contribution in [2.75, 3.05) is 0 Å². The predicted molar refractivity (Wildman–Crippen MR) is 62.6 cm³/mol. The van der Waals surface area contributed by atoms with Crippen molar-refractivity contribution in [2.24, 2.45) is 0 Å². The molecule has 1 aromatic carbocycles. The number of fused-ring (bicyclic) bond motifs is 1. The molecule has 0 saturated carbocycles. The van der Waals surface area contributed by atoms with E-state index in [9.17, 15) is 18.4 Å². The van der Waals surface area contributed by atoms with Crippen LogP contribution in [0.25, 0.3) is 0 Å². The molecule has 0 bridgehead atoms. The molecule has 1 aliphatic heterocycles. The third kappa shape index (κ3) is 1.75. The highest BCUT2D eigenvalue weighted by molar-refractivity contribution is 6.19. The Morgan fingerprint density at radius 3 is 1.95 bits per heavy atom. The largest absolute Gasteiger partial charge is 0.282 e. The van der Waals surface area contributed by atoms with E-state index in [-0.39, 0.29) is 17.0 Å². The van der Waals surface area contributed by atoms with Gasteiger partial charge in [0.1, 0.15) is 11.6 Å². The lowest BCUT2D eigenvalue weighted by atomic mass is 10.2. The monoisotopic (exact) mass is 275 g/mol. The average molecular weight is 275 g/mol. The zero-order valence-electron chi connectivity index (χ0n) is 10.0. The highest BCUT2D eigenvalue weighted by atomic mass is 19.1. The Morgan fingerprint density at radius 1 is 0.950 bits per heavy atom. The molecule has 0 fully saturated rings. The first-order valence-corrected chi connectivity index (χ1v) is 5.69. The van der Waals surface area contributed by atoms with Crippen LogP contribution in [0.4, 0.5) is 8.78 Å². The van der Waals surface area contributed by atoms with E-state index in [0.717, 1.165) is 17.0 Å². The Kier molecular flexibility index (Phi) is 2.74. The van der Waals surface area contributed by atoms with E-state index in [2.05, 4.69) is 9.97 Å². The number of carbonyl (C=O) groups excluding carboxylic acids is 2. The minimum Gasteiger partial charge on any atom is -0.267 e. The number of amides is 2. The molecule has 0 atom stereocenters. The van der Waals surface area contributed by atoms with Crippen LogP contribution in [0.5, 0.6) is 0 Å². The molecule has 2 amide bonds. The predicted octanol–water partition coefficient (Wildman–Crippen LogP) is 1.55. The van der Waals surface area contributed by atoms with Gasteiger partial charge >= 0.3 is 0 Å². The molecule has 3 rings (SSSR count). The van der Waals surface area contributed by atoms with E-state index in [4.69, 9.17) is 0 Å². The van der Waals surface area contributed by atoms with Gasteiger partial charge < -0.3 is 0 Å². The minimum absolute atomic E-state index is 0.103. The van der Waals surface area contributed by atoms with Gasteiger partial charge in [0.25, 0.3) is 11.8 Å². The molecule has 5 nitrogen and oxygen atoms in total. The van der Waals surface area contributed by atoms with E-state index in [0.29, 0.717) is 0 Å². The summed E-state index contributed by atoms with van der Waals surface area (Å²) >= 11 is 0. The van der Waals surface area contributed by atoms with Gasteiger partial charge in [0.15, 0.2) is 11.4 Å². The van der Waals surface area contributed by atoms with Crippen LogP contribution < -0.4 is 0 Å². The molecule has 0 saturated heterocycles. The standard InChI is InChI=1S/C13H7F2N3O2/c14-8-2-1-3-9(15)7(8)6-18-12(19)10-11(13(18)20)17-5-4-16-10/h1-5H,6H2. The van der Waals surface area contributed by atoms with E-state index < -0.39 is 30.0 Å². The number of rotatable bonds is 2. The van der Waals surface area contributed by atoms with Crippen molar-refractivity contribution in [3.05, 3.63) is 59.2 Å². The Balaban J connectivity index is 1.98. The van der Waals surface area contributed by atoms with Crippen molar-refractivity contribution >= 4 is 11.8 Å². The van der Waals surface area contributed by atoms with Crippen molar-refractivity contribution in [2.45, 2.75) is 6.54 Å². The Morgan fingerprint density at radius 2 is 1.45 bits per heavy atom. The second-order valence-electron chi connectivity index (χ2n) is 4.15. The maximum absolute atomic E-state index is 13.6. The zero-order valence-corrected chi connectivity index (χ0v) is 10.0. The number of benzene rings is 1. The molecule has 1 aliphatic rings. The van der Waals surface area contributed by atoms with Gasteiger partial charge in [-0.05, 0) is 12.1 Å². The van der Waals surface area contributed by atoms with E-state index in [1.54, 1.807) is 0 Å². The Hall–Kier alpha value is -2.70. The van der Waals surface area contributed by atoms with Crippen LogP contribution in [-0.4, -0.2) is 26.7 Å². The average Bonchev–Trinajstić information content (AvgIpc) is 2.68. The molecule has 0 spiro atoms. The summed E-state index contributed by atoms with van der Waals surface area (Å²) in [5.74, 6) is -3.05. The molecule has 0 radical (unpaired) electrons. The van der Waals surface area contributed by atoms with Crippen molar-refractivity contribution in [1.29, 1.82) is 0 Å². The highest BCUT2D eigenvalue weighted by Crippen LogP contribution is 2.23. The van der Waals surface area contributed by atoms with Crippen LogP contribution in [-0.2, 0) is 6.54 Å². The van der Waals surface area contributed by atoms with Gasteiger partial charge in [0.05, 0.1) is 6.54 Å². The molecule has 100 valence electrons. The van der Waals surface area contributed by atoms with Crippen molar-refractivity contribution in [3.8, 4) is 0 Å². The number of imide groups is 1. The SMILES string of the molecule is O=C1c2nccnc2C(=O)N1Cc1c(F)cccc1F. The van der Waals surface area contributed by atoms with E-state index >= 15 is 0 Å². The lowest BCUT2D eigenvalue weighted by Crippen LogP contribution is -2.30. The quantitative estimate of drug-likeness (QED) is 0.780. The van der Waals surface area contributed by atoms with Crippen LogP contribution in [0.15, 0.2) is 30.6 Å². The summed E-state index contributed by atoms with van der Waals surface area (Å²) in [4.78, 5) is 32.2. The third-order valence-corrected chi connectivity index (χ3v) is 2.97. The molecule has 1 aromatic heterocycles. The van der Waals surface area contributed by atoms with Crippen molar-refractivity contribution < 1.29 is 18.4 Å². The number of carbonyl (C=O) groups is 2. The second kappa shape index (κ2) is 4.44. The normalized spacial score (nSPS) is 13.8. The second-order valence-corrected chi connectivity index (χ2v) is 4.15. The molecular formula is C13H7F2N3O2. The minimum atomic E-state index is -0.817. The van der Waals surface area contributed by atoms with Gasteiger partial charge in [0, 0.05) is 18.0 Å². The van der Waals surface area contributed by atoms with Gasteiger partial charge in [0.2, 0.25) is 0 Å². The van der Waals surface area contributed by atoms with Gasteiger partial charge in [-0.2, -0.15) is 0 Å². The topological polar surface area (TPSA) is 63.2 Å². The summed E-state index contributed by atoms with van der Waals surface area (Å²) < 4.78 is 27.1. The van der Waals surface area contributed by atoms with E-state index in [1.165, 1.54) is 18.5 Å². The maximum atomic E-state index is 13.6. The van der Waals surface area contributed by atoms with Gasteiger partial charge in [-0.3, -0.25) is 14.5 Å². The summed E-state index contributed by atoms with van der Waals surface area (Å²) in [6.45, 7) is -0.492. The van der Waals surface area contributed by atoms with Crippen LogP contribution in [0.3, 0.4) is 0 Å². The van der Waals surface area contributed by atoms with Gasteiger partial charge in [-0.25, -0.2) is 18.7 Å². The Labute approximate surface area is 111 Å². The molecule has 2 aromatic rings. The Bertz CT molecular complexity index is 678. The molecule has 7 heteroatoms. The van der Waals surface area contributed by atoms with Gasteiger partial charge in [-0.15, -0.1) is 0 Å². The molecular weight excluding hydrogens is 268 g/mol. The summed E-state index contributed by atoms with van der Waals surface area (Å²) in [6.07, 6.45) is 2.55. The van der Waals surface area contributed by atoms with Crippen LogP contribution >= 0.6 is 0 Å². The van der Waals surface area contributed by atoms with Crippen LogP contribution in [0, 0.1) is 11.6 Å². The smallest absolute Gasteiger partial charge is 0.267 e. The zero-order chi connectivity index (χ0) is 14.3.